The number of nitrogens with one attached hydrogen (secondary N) is 1. The first-order valence-corrected chi connectivity index (χ1v) is 6.76. The topological polar surface area (TPSA) is 94.3 Å². The summed E-state index contributed by atoms with van der Waals surface area (Å²) in [7, 11) is 1.22. The van der Waals surface area contributed by atoms with Gasteiger partial charge in [0.15, 0.2) is 0 Å². The Kier molecular flexibility index (Phi) is 4.61. The molecule has 8 heteroatoms. The number of amides is 1. The number of methoxy groups -OCH3 is 1. The number of thiazole rings is 1. The van der Waals surface area contributed by atoms with Gasteiger partial charge in [-0.3, -0.25) is 4.79 Å². The number of anilines is 1. The molecular formula is C13H12FN3O3S. The molecule has 2 rings (SSSR count). The Bertz CT molecular complexity index is 687. The minimum Gasteiger partial charge on any atom is -0.465 e. The van der Waals surface area contributed by atoms with E-state index in [4.69, 9.17) is 5.73 Å². The fraction of sp³-hybridized carbons (Fsp3) is 0.154. The van der Waals surface area contributed by atoms with E-state index in [0.717, 1.165) is 6.07 Å². The standard InChI is InChI=1S/C13H12FN3O3S/c1-20-13(19)7-2-3-8(14)9(4-7)17-12(18)10-6-21-11(5-15)16-10/h2-4,6H,5,15H2,1H3,(H,17,18). The predicted octanol–water partition coefficient (Wildman–Crippen LogP) is 1.78. The van der Waals surface area contributed by atoms with Gasteiger partial charge in [0.25, 0.3) is 5.91 Å². The van der Waals surface area contributed by atoms with Crippen molar-refractivity contribution >= 4 is 28.9 Å². The molecule has 0 saturated heterocycles. The number of halogens is 1. The Morgan fingerprint density at radius 3 is 2.86 bits per heavy atom. The Hall–Kier alpha value is -2.32. The second-order valence-electron chi connectivity index (χ2n) is 3.97. The highest BCUT2D eigenvalue weighted by molar-refractivity contribution is 7.09. The van der Waals surface area contributed by atoms with Gasteiger partial charge in [-0.25, -0.2) is 14.2 Å². The largest absolute Gasteiger partial charge is 0.465 e. The van der Waals surface area contributed by atoms with Crippen molar-refractivity contribution in [2.75, 3.05) is 12.4 Å². The molecule has 1 aromatic heterocycles. The molecule has 0 radical (unpaired) electrons. The summed E-state index contributed by atoms with van der Waals surface area (Å²) in [5.41, 5.74) is 5.57. The minimum absolute atomic E-state index is 0.120. The van der Waals surface area contributed by atoms with Crippen LogP contribution in [0.4, 0.5) is 10.1 Å². The van der Waals surface area contributed by atoms with E-state index >= 15 is 0 Å². The van der Waals surface area contributed by atoms with Crippen LogP contribution in [0.1, 0.15) is 25.9 Å². The lowest BCUT2D eigenvalue weighted by atomic mass is 10.2. The van der Waals surface area contributed by atoms with E-state index in [2.05, 4.69) is 15.0 Å². The third kappa shape index (κ3) is 3.41. The molecule has 1 amide bonds. The van der Waals surface area contributed by atoms with Gasteiger partial charge in [-0.2, -0.15) is 0 Å². The molecule has 0 aliphatic rings. The summed E-state index contributed by atoms with van der Waals surface area (Å²) in [5.74, 6) is -1.86. The Morgan fingerprint density at radius 2 is 2.24 bits per heavy atom. The van der Waals surface area contributed by atoms with Crippen molar-refractivity contribution in [3.05, 3.63) is 45.7 Å². The van der Waals surface area contributed by atoms with Crippen molar-refractivity contribution in [3.63, 3.8) is 0 Å². The van der Waals surface area contributed by atoms with Crippen LogP contribution >= 0.6 is 11.3 Å². The molecule has 21 heavy (non-hydrogen) atoms. The van der Waals surface area contributed by atoms with Crippen LogP contribution in [0.2, 0.25) is 0 Å². The van der Waals surface area contributed by atoms with Crippen LogP contribution in [0, 0.1) is 5.82 Å². The first kappa shape index (κ1) is 15.1. The van der Waals surface area contributed by atoms with Gasteiger partial charge in [-0.15, -0.1) is 11.3 Å². The first-order valence-electron chi connectivity index (χ1n) is 5.89. The predicted molar refractivity (Wildman–Crippen MR) is 75.7 cm³/mol. The molecule has 2 aromatic rings. The zero-order valence-electron chi connectivity index (χ0n) is 11.1. The lowest BCUT2D eigenvalue weighted by Gasteiger charge is -2.06. The van der Waals surface area contributed by atoms with Crippen LogP contribution in [-0.2, 0) is 11.3 Å². The van der Waals surface area contributed by atoms with E-state index in [1.165, 1.54) is 36.0 Å². The fourth-order valence-electron chi connectivity index (χ4n) is 1.56. The average Bonchev–Trinajstić information content (AvgIpc) is 2.97. The lowest BCUT2D eigenvalue weighted by molar-refractivity contribution is 0.0600. The molecule has 0 fully saturated rings. The van der Waals surface area contributed by atoms with Gasteiger partial charge in [0, 0.05) is 11.9 Å². The summed E-state index contributed by atoms with van der Waals surface area (Å²) in [6.07, 6.45) is 0. The van der Waals surface area contributed by atoms with Crippen molar-refractivity contribution in [2.45, 2.75) is 6.54 Å². The number of hydrogen-bond donors (Lipinski definition) is 2. The van der Waals surface area contributed by atoms with Gasteiger partial charge in [0.2, 0.25) is 0 Å². The van der Waals surface area contributed by atoms with Gasteiger partial charge < -0.3 is 15.8 Å². The van der Waals surface area contributed by atoms with Crippen molar-refractivity contribution in [1.29, 1.82) is 0 Å². The summed E-state index contributed by atoms with van der Waals surface area (Å²) in [5, 5.41) is 4.49. The first-order chi connectivity index (χ1) is 10.0. The number of rotatable bonds is 4. The highest BCUT2D eigenvalue weighted by atomic mass is 32.1. The molecule has 0 atom stereocenters. The second kappa shape index (κ2) is 6.42. The van der Waals surface area contributed by atoms with E-state index in [1.54, 1.807) is 0 Å². The average molecular weight is 309 g/mol. The maximum atomic E-state index is 13.7. The number of carbonyl (C=O) groups excluding carboxylic acids is 2. The molecule has 0 unspecified atom stereocenters. The summed E-state index contributed by atoms with van der Waals surface area (Å²) in [4.78, 5) is 27.3. The summed E-state index contributed by atoms with van der Waals surface area (Å²) >= 11 is 1.24. The van der Waals surface area contributed by atoms with Crippen LogP contribution < -0.4 is 11.1 Å². The molecule has 1 heterocycles. The SMILES string of the molecule is COC(=O)c1ccc(F)c(NC(=O)c2csc(CN)n2)c1. The van der Waals surface area contributed by atoms with Gasteiger partial charge in [-0.05, 0) is 18.2 Å². The van der Waals surface area contributed by atoms with Crippen molar-refractivity contribution in [3.8, 4) is 0 Å². The normalized spacial score (nSPS) is 10.2. The monoisotopic (exact) mass is 309 g/mol. The van der Waals surface area contributed by atoms with E-state index in [1.807, 2.05) is 0 Å². The third-order valence-electron chi connectivity index (χ3n) is 2.59. The molecule has 0 saturated carbocycles. The highest BCUT2D eigenvalue weighted by Gasteiger charge is 2.15. The number of aromatic nitrogens is 1. The van der Waals surface area contributed by atoms with Gasteiger partial charge in [-0.1, -0.05) is 0 Å². The lowest BCUT2D eigenvalue weighted by Crippen LogP contribution is -2.14. The van der Waals surface area contributed by atoms with Crippen LogP contribution in [0.3, 0.4) is 0 Å². The Labute approximate surface area is 123 Å². The number of ether oxygens (including phenoxy) is 1. The number of nitrogens with two attached hydrogens (primary N) is 1. The molecule has 110 valence electrons. The van der Waals surface area contributed by atoms with Crippen LogP contribution in [0.25, 0.3) is 0 Å². The van der Waals surface area contributed by atoms with Crippen molar-refractivity contribution in [1.82, 2.24) is 4.98 Å². The third-order valence-corrected chi connectivity index (χ3v) is 3.47. The summed E-state index contributed by atoms with van der Waals surface area (Å²) in [6.45, 7) is 0.226. The van der Waals surface area contributed by atoms with Crippen molar-refractivity contribution in [2.24, 2.45) is 5.73 Å². The molecule has 0 aliphatic heterocycles. The Morgan fingerprint density at radius 1 is 1.48 bits per heavy atom. The highest BCUT2D eigenvalue weighted by Crippen LogP contribution is 2.18. The van der Waals surface area contributed by atoms with Crippen LogP contribution in [0.5, 0.6) is 0 Å². The van der Waals surface area contributed by atoms with Crippen LogP contribution in [-0.4, -0.2) is 24.0 Å². The number of carbonyl (C=O) groups is 2. The second-order valence-corrected chi connectivity index (χ2v) is 4.91. The molecular weight excluding hydrogens is 297 g/mol. The maximum absolute atomic E-state index is 13.7. The van der Waals surface area contributed by atoms with Gasteiger partial charge in [0.1, 0.15) is 16.5 Å². The number of nitrogens with zero attached hydrogens (tertiary/aromatic N) is 1. The number of hydrogen-bond acceptors (Lipinski definition) is 6. The van der Waals surface area contributed by atoms with Gasteiger partial charge in [0.05, 0.1) is 18.4 Å². The minimum atomic E-state index is -0.662. The van der Waals surface area contributed by atoms with E-state index < -0.39 is 17.7 Å². The smallest absolute Gasteiger partial charge is 0.337 e. The summed E-state index contributed by atoms with van der Waals surface area (Å²) in [6, 6.07) is 3.55. The zero-order valence-corrected chi connectivity index (χ0v) is 11.9. The quantitative estimate of drug-likeness (QED) is 0.840. The number of benzene rings is 1. The van der Waals surface area contributed by atoms with Gasteiger partial charge >= 0.3 is 5.97 Å². The summed E-state index contributed by atoms with van der Waals surface area (Å²) < 4.78 is 18.2. The van der Waals surface area contributed by atoms with E-state index in [9.17, 15) is 14.0 Å². The fourth-order valence-corrected chi connectivity index (χ4v) is 2.22. The molecule has 6 nitrogen and oxygen atoms in total. The molecule has 1 aromatic carbocycles. The maximum Gasteiger partial charge on any atom is 0.337 e. The van der Waals surface area contributed by atoms with E-state index in [0.29, 0.717) is 5.01 Å². The number of esters is 1. The zero-order chi connectivity index (χ0) is 15.4. The molecule has 0 spiro atoms. The van der Waals surface area contributed by atoms with Crippen LogP contribution in [0.15, 0.2) is 23.6 Å². The molecule has 3 N–H and O–H groups in total. The van der Waals surface area contributed by atoms with E-state index in [-0.39, 0.29) is 23.5 Å². The van der Waals surface area contributed by atoms with Crippen molar-refractivity contribution < 1.29 is 18.7 Å². The molecule has 0 aliphatic carbocycles. The molecule has 0 bridgehead atoms. The Balaban J connectivity index is 2.22.